The van der Waals surface area contributed by atoms with Gasteiger partial charge in [-0.3, -0.25) is 9.59 Å². The van der Waals surface area contributed by atoms with E-state index >= 15 is 0 Å². The smallest absolute Gasteiger partial charge is 0.251 e. The number of rotatable bonds is 6. The lowest BCUT2D eigenvalue weighted by Crippen LogP contribution is -2.36. The number of hydrogen-bond donors (Lipinski definition) is 3. The van der Waals surface area contributed by atoms with Crippen LogP contribution >= 0.6 is 12.4 Å². The van der Waals surface area contributed by atoms with Crippen LogP contribution in [0, 0.1) is 12.8 Å². The third-order valence-electron chi connectivity index (χ3n) is 4.64. The summed E-state index contributed by atoms with van der Waals surface area (Å²) in [6.45, 7) is 4.43. The first-order valence-electron chi connectivity index (χ1n) is 8.88. The maximum Gasteiger partial charge on any atom is 0.251 e. The van der Waals surface area contributed by atoms with Gasteiger partial charge in [-0.1, -0.05) is 26.2 Å². The van der Waals surface area contributed by atoms with Crippen molar-refractivity contribution in [2.45, 2.75) is 52.0 Å². The van der Waals surface area contributed by atoms with Crippen LogP contribution in [0.3, 0.4) is 0 Å². The summed E-state index contributed by atoms with van der Waals surface area (Å²) >= 11 is 0. The zero-order valence-corrected chi connectivity index (χ0v) is 16.2. The fourth-order valence-corrected chi connectivity index (χ4v) is 3.12. The SMILES string of the molecule is CNCC(C)C(=O)Nc1ccc(C(=O)NC2CCCCC2)cc1C.Cl. The fraction of sp³-hybridized carbons (Fsp3) is 0.579. The summed E-state index contributed by atoms with van der Waals surface area (Å²) in [5, 5.41) is 9.05. The number of anilines is 1. The molecule has 1 saturated carbocycles. The molecular formula is C19H30ClN3O2. The molecule has 1 aromatic carbocycles. The molecule has 1 atom stereocenters. The number of aryl methyl sites for hydroxylation is 1. The third-order valence-corrected chi connectivity index (χ3v) is 4.64. The third kappa shape index (κ3) is 6.33. The van der Waals surface area contributed by atoms with E-state index in [1.807, 2.05) is 33.0 Å². The summed E-state index contributed by atoms with van der Waals surface area (Å²) in [6, 6.07) is 5.74. The van der Waals surface area contributed by atoms with E-state index in [0.29, 0.717) is 18.2 Å². The minimum absolute atomic E-state index is 0. The van der Waals surface area contributed by atoms with E-state index in [4.69, 9.17) is 0 Å². The summed E-state index contributed by atoms with van der Waals surface area (Å²) in [5.41, 5.74) is 2.31. The van der Waals surface area contributed by atoms with Gasteiger partial charge in [-0.25, -0.2) is 0 Å². The van der Waals surface area contributed by atoms with E-state index in [1.165, 1.54) is 19.3 Å². The van der Waals surface area contributed by atoms with Gasteiger partial charge in [0.1, 0.15) is 0 Å². The van der Waals surface area contributed by atoms with Gasteiger partial charge in [-0.05, 0) is 50.6 Å². The first-order valence-corrected chi connectivity index (χ1v) is 8.88. The molecule has 25 heavy (non-hydrogen) atoms. The molecule has 2 rings (SSSR count). The molecule has 0 heterocycles. The van der Waals surface area contributed by atoms with Gasteiger partial charge in [-0.2, -0.15) is 0 Å². The van der Waals surface area contributed by atoms with Crippen molar-refractivity contribution in [3.8, 4) is 0 Å². The number of benzene rings is 1. The van der Waals surface area contributed by atoms with Crippen LogP contribution in [0.15, 0.2) is 18.2 Å². The maximum atomic E-state index is 12.4. The Morgan fingerprint density at radius 2 is 1.88 bits per heavy atom. The molecule has 0 spiro atoms. The van der Waals surface area contributed by atoms with Crippen molar-refractivity contribution >= 4 is 29.9 Å². The molecule has 1 unspecified atom stereocenters. The van der Waals surface area contributed by atoms with E-state index in [2.05, 4.69) is 16.0 Å². The van der Waals surface area contributed by atoms with Crippen LogP contribution in [0.25, 0.3) is 0 Å². The minimum atomic E-state index is -0.108. The van der Waals surface area contributed by atoms with Gasteiger partial charge in [-0.15, -0.1) is 12.4 Å². The summed E-state index contributed by atoms with van der Waals surface area (Å²) in [7, 11) is 1.83. The highest BCUT2D eigenvalue weighted by Gasteiger charge is 2.18. The molecular weight excluding hydrogens is 338 g/mol. The Bertz CT molecular complexity index is 586. The Morgan fingerprint density at radius 3 is 2.48 bits per heavy atom. The van der Waals surface area contributed by atoms with Gasteiger partial charge in [0, 0.05) is 29.8 Å². The zero-order chi connectivity index (χ0) is 17.5. The van der Waals surface area contributed by atoms with Crippen molar-refractivity contribution < 1.29 is 9.59 Å². The van der Waals surface area contributed by atoms with Crippen LogP contribution in [-0.2, 0) is 4.79 Å². The van der Waals surface area contributed by atoms with E-state index in [-0.39, 0.29) is 30.1 Å². The molecule has 140 valence electrons. The Labute approximate surface area is 156 Å². The largest absolute Gasteiger partial charge is 0.349 e. The molecule has 0 aromatic heterocycles. The molecule has 0 saturated heterocycles. The normalized spacial score (nSPS) is 15.8. The van der Waals surface area contributed by atoms with Crippen LogP contribution in [0.4, 0.5) is 5.69 Å². The average Bonchev–Trinajstić information content (AvgIpc) is 2.57. The lowest BCUT2D eigenvalue weighted by molar-refractivity contribution is -0.119. The highest BCUT2D eigenvalue weighted by molar-refractivity contribution is 5.97. The highest BCUT2D eigenvalue weighted by atomic mass is 35.5. The monoisotopic (exact) mass is 367 g/mol. The Balaban J connectivity index is 0.00000312. The average molecular weight is 368 g/mol. The van der Waals surface area contributed by atoms with Crippen LogP contribution in [0.5, 0.6) is 0 Å². The second kappa shape index (κ2) is 10.4. The van der Waals surface area contributed by atoms with Crippen LogP contribution in [0.2, 0.25) is 0 Å². The predicted molar refractivity (Wildman–Crippen MR) is 104 cm³/mol. The summed E-state index contributed by atoms with van der Waals surface area (Å²) in [5.74, 6) is -0.151. The first-order chi connectivity index (χ1) is 11.5. The Kier molecular flexibility index (Phi) is 8.93. The van der Waals surface area contributed by atoms with E-state index < -0.39 is 0 Å². The van der Waals surface area contributed by atoms with Gasteiger partial charge in [0.15, 0.2) is 0 Å². The molecule has 1 aliphatic carbocycles. The van der Waals surface area contributed by atoms with Crippen molar-refractivity contribution in [2.24, 2.45) is 5.92 Å². The zero-order valence-electron chi connectivity index (χ0n) is 15.4. The minimum Gasteiger partial charge on any atom is -0.349 e. The molecule has 1 aromatic rings. The number of halogens is 1. The van der Waals surface area contributed by atoms with E-state index in [9.17, 15) is 9.59 Å². The Hall–Kier alpha value is -1.59. The predicted octanol–water partition coefficient (Wildman–Crippen LogP) is 3.27. The van der Waals surface area contributed by atoms with Crippen LogP contribution < -0.4 is 16.0 Å². The van der Waals surface area contributed by atoms with Crippen molar-refractivity contribution in [2.75, 3.05) is 18.9 Å². The van der Waals surface area contributed by atoms with E-state index in [1.54, 1.807) is 6.07 Å². The number of carbonyl (C=O) groups is 2. The second-order valence-corrected chi connectivity index (χ2v) is 6.79. The molecule has 0 aliphatic heterocycles. The van der Waals surface area contributed by atoms with Crippen molar-refractivity contribution in [3.63, 3.8) is 0 Å². The maximum absolute atomic E-state index is 12.4. The number of hydrogen-bond acceptors (Lipinski definition) is 3. The molecule has 1 aliphatic rings. The van der Waals surface area contributed by atoms with Crippen LogP contribution in [0.1, 0.15) is 54.9 Å². The lowest BCUT2D eigenvalue weighted by Gasteiger charge is -2.23. The van der Waals surface area contributed by atoms with Crippen molar-refractivity contribution in [1.82, 2.24) is 10.6 Å². The van der Waals surface area contributed by atoms with Gasteiger partial charge in [0.2, 0.25) is 5.91 Å². The van der Waals surface area contributed by atoms with Gasteiger partial charge in [0.05, 0.1) is 0 Å². The molecule has 5 nitrogen and oxygen atoms in total. The van der Waals surface area contributed by atoms with E-state index in [0.717, 1.165) is 24.1 Å². The number of carbonyl (C=O) groups excluding carboxylic acids is 2. The quantitative estimate of drug-likeness (QED) is 0.722. The lowest BCUT2D eigenvalue weighted by atomic mass is 9.95. The number of nitrogens with one attached hydrogen (secondary N) is 3. The summed E-state index contributed by atoms with van der Waals surface area (Å²) in [6.07, 6.45) is 5.80. The molecule has 0 bridgehead atoms. The van der Waals surface area contributed by atoms with Crippen molar-refractivity contribution in [1.29, 1.82) is 0 Å². The summed E-state index contributed by atoms with van der Waals surface area (Å²) < 4.78 is 0. The molecule has 3 N–H and O–H groups in total. The standard InChI is InChI=1S/C19H29N3O2.ClH/c1-13-11-15(19(24)21-16-7-5-4-6-8-16)9-10-17(13)22-18(23)14(2)12-20-3;/h9-11,14,16,20H,4-8,12H2,1-3H3,(H,21,24)(H,22,23);1H. The molecule has 1 fully saturated rings. The van der Waals surface area contributed by atoms with Gasteiger partial charge >= 0.3 is 0 Å². The van der Waals surface area contributed by atoms with Crippen LogP contribution in [-0.4, -0.2) is 31.4 Å². The first kappa shape index (κ1) is 21.5. The number of amides is 2. The molecule has 6 heteroatoms. The van der Waals surface area contributed by atoms with Gasteiger partial charge < -0.3 is 16.0 Å². The summed E-state index contributed by atoms with van der Waals surface area (Å²) in [4.78, 5) is 24.5. The van der Waals surface area contributed by atoms with Gasteiger partial charge in [0.25, 0.3) is 5.91 Å². The topological polar surface area (TPSA) is 70.2 Å². The fourth-order valence-electron chi connectivity index (χ4n) is 3.12. The molecule has 2 amide bonds. The van der Waals surface area contributed by atoms with Crippen molar-refractivity contribution in [3.05, 3.63) is 29.3 Å². The Morgan fingerprint density at radius 1 is 1.20 bits per heavy atom. The highest BCUT2D eigenvalue weighted by Crippen LogP contribution is 2.20. The second-order valence-electron chi connectivity index (χ2n) is 6.79. The molecule has 0 radical (unpaired) electrons.